The fourth-order valence-electron chi connectivity index (χ4n) is 1.54. The summed E-state index contributed by atoms with van der Waals surface area (Å²) < 4.78 is 5.54. The van der Waals surface area contributed by atoms with E-state index in [1.54, 1.807) is 17.4 Å². The molecular weight excluding hydrogens is 284 g/mol. The number of nitrogens with zero attached hydrogens (tertiary/aromatic N) is 2. The fraction of sp³-hybridized carbons (Fsp3) is 0.250. The van der Waals surface area contributed by atoms with Crippen molar-refractivity contribution in [2.45, 2.75) is 13.3 Å². The van der Waals surface area contributed by atoms with Gasteiger partial charge < -0.3 is 10.5 Å². The van der Waals surface area contributed by atoms with Gasteiger partial charge in [-0.1, -0.05) is 11.6 Å². The zero-order valence-corrected chi connectivity index (χ0v) is 11.9. The number of pyridine rings is 1. The average molecular weight is 297 g/mol. The first kappa shape index (κ1) is 13.8. The minimum absolute atomic E-state index is 0.101. The van der Waals surface area contributed by atoms with Crippen molar-refractivity contribution < 1.29 is 4.74 Å². The number of nitrogens with two attached hydrogens (primary N) is 1. The molecule has 0 unspecified atom stereocenters. The summed E-state index contributed by atoms with van der Waals surface area (Å²) in [4.78, 5) is 9.40. The standard InChI is InChI=1S/C12H13ClN4OS/c1-7-9(19-6-17-7)3-5-18-12-10(13)8(11(14)15)2-4-16-12/h2,4,6H,3,5H2,1H3,(H3,14,15). The average Bonchev–Trinajstić information content (AvgIpc) is 2.77. The number of halogens is 1. The maximum Gasteiger partial charge on any atom is 0.233 e. The van der Waals surface area contributed by atoms with Gasteiger partial charge in [-0.3, -0.25) is 5.41 Å². The van der Waals surface area contributed by atoms with E-state index in [-0.39, 0.29) is 10.9 Å². The molecule has 0 fully saturated rings. The summed E-state index contributed by atoms with van der Waals surface area (Å²) in [5.74, 6) is 0.201. The predicted octanol–water partition coefficient (Wildman–Crippen LogP) is 2.41. The Balaban J connectivity index is 2.02. The lowest BCUT2D eigenvalue weighted by molar-refractivity contribution is 0.310. The van der Waals surface area contributed by atoms with Gasteiger partial charge in [-0.25, -0.2) is 9.97 Å². The summed E-state index contributed by atoms with van der Waals surface area (Å²) in [6.45, 7) is 2.42. The maximum absolute atomic E-state index is 7.40. The Bertz CT molecular complexity index is 599. The van der Waals surface area contributed by atoms with E-state index in [2.05, 4.69) is 9.97 Å². The largest absolute Gasteiger partial charge is 0.476 e. The van der Waals surface area contributed by atoms with Crippen molar-refractivity contribution in [3.05, 3.63) is 38.9 Å². The Labute approximate surface area is 119 Å². The summed E-state index contributed by atoms with van der Waals surface area (Å²) in [5.41, 5.74) is 8.68. The summed E-state index contributed by atoms with van der Waals surface area (Å²) in [5, 5.41) is 7.67. The second kappa shape index (κ2) is 5.99. The molecule has 0 saturated carbocycles. The van der Waals surface area contributed by atoms with Gasteiger partial charge in [0, 0.05) is 23.1 Å². The number of nitrogen functional groups attached to an aromatic ring is 1. The van der Waals surface area contributed by atoms with Crippen LogP contribution in [0.5, 0.6) is 5.88 Å². The molecule has 2 heterocycles. The van der Waals surface area contributed by atoms with Gasteiger partial charge >= 0.3 is 0 Å². The first-order valence-electron chi connectivity index (χ1n) is 5.60. The van der Waals surface area contributed by atoms with E-state index in [1.807, 2.05) is 12.4 Å². The van der Waals surface area contributed by atoms with Crippen molar-refractivity contribution in [3.63, 3.8) is 0 Å². The maximum atomic E-state index is 7.40. The highest BCUT2D eigenvalue weighted by atomic mass is 35.5. The normalized spacial score (nSPS) is 10.4. The molecule has 0 atom stereocenters. The van der Waals surface area contributed by atoms with Crippen LogP contribution in [0.15, 0.2) is 17.8 Å². The van der Waals surface area contributed by atoms with Gasteiger partial charge in [0.05, 0.1) is 17.8 Å². The molecule has 0 aliphatic carbocycles. The third kappa shape index (κ3) is 3.21. The van der Waals surface area contributed by atoms with Crippen LogP contribution in [0.25, 0.3) is 0 Å². The molecule has 0 aliphatic rings. The first-order valence-corrected chi connectivity index (χ1v) is 6.86. The summed E-state index contributed by atoms with van der Waals surface area (Å²) in [6, 6.07) is 1.59. The Morgan fingerprint density at radius 1 is 1.53 bits per heavy atom. The van der Waals surface area contributed by atoms with Gasteiger partial charge in [-0.15, -0.1) is 11.3 Å². The van der Waals surface area contributed by atoms with E-state index in [0.717, 1.165) is 12.1 Å². The van der Waals surface area contributed by atoms with Crippen molar-refractivity contribution in [2.75, 3.05) is 6.61 Å². The molecule has 2 rings (SSSR count). The van der Waals surface area contributed by atoms with E-state index in [4.69, 9.17) is 27.5 Å². The number of thiazole rings is 1. The Kier molecular flexibility index (Phi) is 4.34. The molecule has 7 heteroatoms. The molecule has 0 saturated heterocycles. The molecule has 3 N–H and O–H groups in total. The molecule has 19 heavy (non-hydrogen) atoms. The van der Waals surface area contributed by atoms with Crippen LogP contribution in [-0.2, 0) is 6.42 Å². The zero-order valence-electron chi connectivity index (χ0n) is 10.3. The monoisotopic (exact) mass is 296 g/mol. The van der Waals surface area contributed by atoms with Crippen molar-refractivity contribution >= 4 is 28.8 Å². The molecular formula is C12H13ClN4OS. The zero-order chi connectivity index (χ0) is 13.8. The molecule has 0 radical (unpaired) electrons. The molecule has 0 spiro atoms. The molecule has 2 aromatic heterocycles. The number of amidine groups is 1. The molecule has 2 aromatic rings. The van der Waals surface area contributed by atoms with Gasteiger partial charge in [0.25, 0.3) is 0 Å². The second-order valence-corrected chi connectivity index (χ2v) is 5.17. The van der Waals surface area contributed by atoms with Gasteiger partial charge in [-0.2, -0.15) is 0 Å². The van der Waals surface area contributed by atoms with E-state index >= 15 is 0 Å². The third-order valence-electron chi connectivity index (χ3n) is 2.56. The van der Waals surface area contributed by atoms with Crippen LogP contribution in [-0.4, -0.2) is 22.4 Å². The highest BCUT2D eigenvalue weighted by Gasteiger charge is 2.11. The Morgan fingerprint density at radius 3 is 2.95 bits per heavy atom. The quantitative estimate of drug-likeness (QED) is 0.655. The number of hydrogen-bond acceptors (Lipinski definition) is 5. The van der Waals surface area contributed by atoms with Crippen molar-refractivity contribution in [3.8, 4) is 5.88 Å². The third-order valence-corrected chi connectivity index (χ3v) is 3.92. The molecule has 5 nitrogen and oxygen atoms in total. The van der Waals surface area contributed by atoms with E-state index in [0.29, 0.717) is 18.1 Å². The van der Waals surface area contributed by atoms with Crippen LogP contribution in [0.2, 0.25) is 5.02 Å². The highest BCUT2D eigenvalue weighted by molar-refractivity contribution is 7.09. The van der Waals surface area contributed by atoms with Gasteiger partial charge in [0.1, 0.15) is 10.9 Å². The number of ether oxygens (including phenoxy) is 1. The first-order chi connectivity index (χ1) is 9.09. The number of nitrogens with one attached hydrogen (secondary N) is 1. The molecule has 0 aromatic carbocycles. The minimum Gasteiger partial charge on any atom is -0.476 e. The lowest BCUT2D eigenvalue weighted by Gasteiger charge is -2.09. The molecule has 0 aliphatic heterocycles. The predicted molar refractivity (Wildman–Crippen MR) is 76.3 cm³/mol. The van der Waals surface area contributed by atoms with Gasteiger partial charge in [-0.05, 0) is 13.0 Å². The smallest absolute Gasteiger partial charge is 0.233 e. The molecule has 0 bridgehead atoms. The van der Waals surface area contributed by atoms with E-state index in [9.17, 15) is 0 Å². The van der Waals surface area contributed by atoms with E-state index < -0.39 is 0 Å². The Morgan fingerprint density at radius 2 is 2.32 bits per heavy atom. The number of hydrogen-bond donors (Lipinski definition) is 2. The lowest BCUT2D eigenvalue weighted by Crippen LogP contribution is -2.13. The molecule has 0 amide bonds. The van der Waals surface area contributed by atoms with E-state index in [1.165, 1.54) is 11.1 Å². The van der Waals surface area contributed by atoms with Gasteiger partial charge in [0.2, 0.25) is 5.88 Å². The van der Waals surface area contributed by atoms with Crippen LogP contribution in [0.4, 0.5) is 0 Å². The number of aromatic nitrogens is 2. The molecule has 100 valence electrons. The van der Waals surface area contributed by atoms with Crippen LogP contribution >= 0.6 is 22.9 Å². The Hall–Kier alpha value is -1.66. The summed E-state index contributed by atoms with van der Waals surface area (Å²) in [7, 11) is 0. The van der Waals surface area contributed by atoms with Gasteiger partial charge in [0.15, 0.2) is 0 Å². The topological polar surface area (TPSA) is 84.9 Å². The summed E-state index contributed by atoms with van der Waals surface area (Å²) in [6.07, 6.45) is 2.27. The van der Waals surface area contributed by atoms with Crippen molar-refractivity contribution in [2.24, 2.45) is 5.73 Å². The highest BCUT2D eigenvalue weighted by Crippen LogP contribution is 2.25. The van der Waals surface area contributed by atoms with Crippen LogP contribution in [0.1, 0.15) is 16.1 Å². The number of aryl methyl sites for hydroxylation is 1. The number of rotatable bonds is 5. The van der Waals surface area contributed by atoms with Crippen molar-refractivity contribution in [1.82, 2.24) is 9.97 Å². The SMILES string of the molecule is Cc1ncsc1CCOc1nccc(C(=N)N)c1Cl. The second-order valence-electron chi connectivity index (χ2n) is 3.85. The lowest BCUT2D eigenvalue weighted by atomic mass is 10.2. The van der Waals surface area contributed by atoms with Crippen molar-refractivity contribution in [1.29, 1.82) is 5.41 Å². The minimum atomic E-state index is -0.101. The van der Waals surface area contributed by atoms with Crippen LogP contribution in [0, 0.1) is 12.3 Å². The van der Waals surface area contributed by atoms with Crippen LogP contribution in [0.3, 0.4) is 0 Å². The fourth-order valence-corrected chi connectivity index (χ4v) is 2.57. The summed E-state index contributed by atoms with van der Waals surface area (Å²) >= 11 is 7.68. The van der Waals surface area contributed by atoms with Crippen LogP contribution < -0.4 is 10.5 Å².